The van der Waals surface area contributed by atoms with E-state index >= 15 is 0 Å². The second-order valence-corrected chi connectivity index (χ2v) is 10.5. The number of hydrogen-bond acceptors (Lipinski definition) is 4. The van der Waals surface area contributed by atoms with E-state index in [1.165, 1.54) is 5.56 Å². The van der Waals surface area contributed by atoms with Crippen molar-refractivity contribution in [2.75, 3.05) is 6.54 Å². The fourth-order valence-electron chi connectivity index (χ4n) is 5.49. The molecule has 2 aliphatic rings. The molecule has 0 spiro atoms. The maximum atomic E-state index is 13.2. The van der Waals surface area contributed by atoms with E-state index in [0.29, 0.717) is 25.2 Å². The molecule has 2 N–H and O–H groups in total. The molecular weight excluding hydrogens is 414 g/mol. The number of carbonyl (C=O) groups excluding carboxylic acids is 2. The first-order chi connectivity index (χ1) is 15.6. The predicted octanol–water partition coefficient (Wildman–Crippen LogP) is 3.76. The van der Waals surface area contributed by atoms with Gasteiger partial charge in [-0.3, -0.25) is 14.6 Å². The number of imidazole rings is 1. The van der Waals surface area contributed by atoms with Gasteiger partial charge in [-0.1, -0.05) is 27.7 Å². The number of aromatic nitrogens is 3. The van der Waals surface area contributed by atoms with E-state index in [-0.39, 0.29) is 28.6 Å². The van der Waals surface area contributed by atoms with Gasteiger partial charge in [0.25, 0.3) is 5.91 Å². The summed E-state index contributed by atoms with van der Waals surface area (Å²) in [5, 5.41) is 3.05. The van der Waals surface area contributed by atoms with Crippen LogP contribution in [0.4, 0.5) is 0 Å². The Hall–Kier alpha value is -3.22. The first kappa shape index (κ1) is 21.6. The van der Waals surface area contributed by atoms with Crippen molar-refractivity contribution >= 4 is 22.8 Å². The second-order valence-electron chi connectivity index (χ2n) is 10.5. The predicted molar refractivity (Wildman–Crippen MR) is 126 cm³/mol. The van der Waals surface area contributed by atoms with E-state index in [9.17, 15) is 9.59 Å². The molecule has 0 unspecified atom stereocenters. The van der Waals surface area contributed by atoms with Crippen LogP contribution in [0.3, 0.4) is 0 Å². The molecule has 33 heavy (non-hydrogen) atoms. The quantitative estimate of drug-likeness (QED) is 0.640. The van der Waals surface area contributed by atoms with Crippen molar-refractivity contribution < 1.29 is 9.59 Å². The summed E-state index contributed by atoms with van der Waals surface area (Å²) in [4.78, 5) is 39.8. The summed E-state index contributed by atoms with van der Waals surface area (Å²) in [5.74, 6) is 0.186. The Labute approximate surface area is 194 Å². The third kappa shape index (κ3) is 3.41. The zero-order valence-corrected chi connectivity index (χ0v) is 20.0. The van der Waals surface area contributed by atoms with Crippen LogP contribution in [0, 0.1) is 23.7 Å². The van der Waals surface area contributed by atoms with Crippen LogP contribution >= 0.6 is 0 Å². The normalized spacial score (nSPS) is 18.8. The average molecular weight is 446 g/mol. The summed E-state index contributed by atoms with van der Waals surface area (Å²) in [5.41, 5.74) is 6.60. The third-order valence-electron chi connectivity index (χ3n) is 8.28. The number of amides is 2. The number of nitrogens with zero attached hydrogens (tertiary/aromatic N) is 3. The Bertz CT molecular complexity index is 1260. The Morgan fingerprint density at radius 1 is 1.18 bits per heavy atom. The van der Waals surface area contributed by atoms with Gasteiger partial charge >= 0.3 is 0 Å². The highest BCUT2D eigenvalue weighted by atomic mass is 16.2. The van der Waals surface area contributed by atoms with E-state index in [1.807, 2.05) is 30.2 Å². The average Bonchev–Trinajstić information content (AvgIpc) is 3.09. The minimum atomic E-state index is -0.130. The molecule has 1 fully saturated rings. The van der Waals surface area contributed by atoms with E-state index in [0.717, 1.165) is 34.3 Å². The van der Waals surface area contributed by atoms with Crippen molar-refractivity contribution in [1.29, 1.82) is 0 Å². The maximum absolute atomic E-state index is 13.2. The molecule has 7 heteroatoms. The Balaban J connectivity index is 1.31. The van der Waals surface area contributed by atoms with Gasteiger partial charge in [0, 0.05) is 43.0 Å². The number of carbonyl (C=O) groups is 2. The van der Waals surface area contributed by atoms with E-state index in [4.69, 9.17) is 0 Å². The number of aryl methyl sites for hydroxylation is 1. The van der Waals surface area contributed by atoms with Crippen molar-refractivity contribution in [3.05, 3.63) is 58.7 Å². The summed E-state index contributed by atoms with van der Waals surface area (Å²) in [6, 6.07) is 5.44. The number of pyridine rings is 1. The van der Waals surface area contributed by atoms with Crippen LogP contribution in [0.1, 0.15) is 60.4 Å². The van der Waals surface area contributed by atoms with Crippen LogP contribution < -0.4 is 5.32 Å². The number of nitrogens with one attached hydrogen (secondary N) is 2. The van der Waals surface area contributed by atoms with Gasteiger partial charge in [-0.2, -0.15) is 0 Å². The van der Waals surface area contributed by atoms with Gasteiger partial charge in [0.15, 0.2) is 0 Å². The van der Waals surface area contributed by atoms with Crippen LogP contribution in [0.25, 0.3) is 11.0 Å². The molecule has 7 nitrogen and oxygen atoms in total. The lowest BCUT2D eigenvalue weighted by Crippen LogP contribution is -2.39. The molecule has 3 heterocycles. The molecule has 5 rings (SSSR count). The Kier molecular flexibility index (Phi) is 4.85. The number of fused-ring (bicyclic) bond motifs is 2. The van der Waals surface area contributed by atoms with Crippen LogP contribution in [-0.4, -0.2) is 38.2 Å². The monoisotopic (exact) mass is 445 g/mol. The van der Waals surface area contributed by atoms with Crippen molar-refractivity contribution in [3.63, 3.8) is 0 Å². The van der Waals surface area contributed by atoms with E-state index < -0.39 is 0 Å². The molecule has 1 aromatic carbocycles. The maximum Gasteiger partial charge on any atom is 0.251 e. The standard InChI is InChI=1S/C26H31N5O2/c1-15-19(12-28-23(32)16-6-7-20-21(10-16)30-14-29-20)18-8-9-31(13-17(18)11-27-15)24(33)22-25(2,3)26(22,4)5/h6-7,10-11,14,22H,8-9,12-13H2,1-5H3,(H,28,32)(H,29,30). The van der Waals surface area contributed by atoms with Crippen molar-refractivity contribution in [3.8, 4) is 0 Å². The van der Waals surface area contributed by atoms with Gasteiger partial charge in [-0.15, -0.1) is 0 Å². The van der Waals surface area contributed by atoms with Crippen LogP contribution in [-0.2, 0) is 24.3 Å². The lowest BCUT2D eigenvalue weighted by Gasteiger charge is -2.31. The van der Waals surface area contributed by atoms with Crippen LogP contribution in [0.5, 0.6) is 0 Å². The molecule has 0 bridgehead atoms. The zero-order valence-electron chi connectivity index (χ0n) is 20.0. The zero-order chi connectivity index (χ0) is 23.5. The van der Waals surface area contributed by atoms with Crippen LogP contribution in [0.2, 0.25) is 0 Å². The molecule has 1 aliphatic carbocycles. The molecule has 2 aromatic heterocycles. The number of rotatable bonds is 4. The number of hydrogen-bond donors (Lipinski definition) is 2. The first-order valence-corrected chi connectivity index (χ1v) is 11.6. The Morgan fingerprint density at radius 3 is 2.67 bits per heavy atom. The summed E-state index contributed by atoms with van der Waals surface area (Å²) in [7, 11) is 0. The van der Waals surface area contributed by atoms with Gasteiger partial charge in [0.05, 0.1) is 17.4 Å². The van der Waals surface area contributed by atoms with Crippen molar-refractivity contribution in [2.24, 2.45) is 16.7 Å². The van der Waals surface area contributed by atoms with E-state index in [1.54, 1.807) is 12.4 Å². The molecule has 1 saturated carbocycles. The molecule has 0 atom stereocenters. The Morgan fingerprint density at radius 2 is 1.94 bits per heavy atom. The minimum absolute atomic E-state index is 0.0323. The van der Waals surface area contributed by atoms with Gasteiger partial charge in [-0.25, -0.2) is 4.98 Å². The highest BCUT2D eigenvalue weighted by molar-refractivity contribution is 5.97. The summed E-state index contributed by atoms with van der Waals surface area (Å²) in [6.45, 7) is 12.4. The second kappa shape index (κ2) is 7.40. The van der Waals surface area contributed by atoms with Crippen LogP contribution in [0.15, 0.2) is 30.7 Å². The summed E-state index contributed by atoms with van der Waals surface area (Å²) < 4.78 is 0. The van der Waals surface area contributed by atoms with Crippen molar-refractivity contribution in [2.45, 2.75) is 54.1 Å². The smallest absolute Gasteiger partial charge is 0.251 e. The third-order valence-corrected chi connectivity index (χ3v) is 8.28. The first-order valence-electron chi connectivity index (χ1n) is 11.6. The lowest BCUT2D eigenvalue weighted by molar-refractivity contribution is -0.134. The number of benzene rings is 1. The largest absolute Gasteiger partial charge is 0.348 e. The molecule has 0 radical (unpaired) electrons. The highest BCUT2D eigenvalue weighted by Gasteiger charge is 2.68. The molecule has 3 aromatic rings. The molecule has 172 valence electrons. The fraction of sp³-hybridized carbons (Fsp3) is 0.462. The minimum Gasteiger partial charge on any atom is -0.348 e. The summed E-state index contributed by atoms with van der Waals surface area (Å²) >= 11 is 0. The molecule has 0 saturated heterocycles. The van der Waals surface area contributed by atoms with Gasteiger partial charge in [0.1, 0.15) is 0 Å². The molecule has 2 amide bonds. The highest BCUT2D eigenvalue weighted by Crippen LogP contribution is 2.68. The molecular formula is C26H31N5O2. The number of aromatic amines is 1. The van der Waals surface area contributed by atoms with Gasteiger partial charge in [0.2, 0.25) is 5.91 Å². The van der Waals surface area contributed by atoms with Crippen molar-refractivity contribution in [1.82, 2.24) is 25.2 Å². The topological polar surface area (TPSA) is 91.0 Å². The fourth-order valence-corrected chi connectivity index (χ4v) is 5.49. The van der Waals surface area contributed by atoms with Gasteiger partial charge < -0.3 is 15.2 Å². The lowest BCUT2D eigenvalue weighted by atomic mass is 9.94. The van der Waals surface area contributed by atoms with E-state index in [2.05, 4.69) is 48.0 Å². The molecule has 1 aliphatic heterocycles. The summed E-state index contributed by atoms with van der Waals surface area (Å²) in [6.07, 6.45) is 4.30. The SMILES string of the molecule is Cc1ncc2c(c1CNC(=O)c1ccc3nc[nH]c3c1)CCN(C(=O)C1C(C)(C)C1(C)C)C2. The number of H-pyrrole nitrogens is 1. The van der Waals surface area contributed by atoms with Gasteiger partial charge in [-0.05, 0) is 59.1 Å².